The smallest absolute Gasteiger partial charge is 0.257 e. The number of amides is 1. The molecule has 1 atom stereocenters. The van der Waals surface area contributed by atoms with Gasteiger partial charge in [-0.05, 0) is 44.3 Å². The molecule has 5 heteroatoms. The molecule has 2 heterocycles. The van der Waals surface area contributed by atoms with Crippen LogP contribution in [0.1, 0.15) is 36.5 Å². The fourth-order valence-corrected chi connectivity index (χ4v) is 2.67. The fraction of sp³-hybridized carbons (Fsp3) is 0.600. The molecule has 5 nitrogen and oxygen atoms in total. The van der Waals surface area contributed by atoms with Crippen molar-refractivity contribution in [3.05, 3.63) is 24.0 Å². The van der Waals surface area contributed by atoms with Gasteiger partial charge in [0.2, 0.25) is 0 Å². The van der Waals surface area contributed by atoms with Gasteiger partial charge in [0.25, 0.3) is 5.91 Å². The highest BCUT2D eigenvalue weighted by Crippen LogP contribution is 2.19. The molecule has 20 heavy (non-hydrogen) atoms. The van der Waals surface area contributed by atoms with E-state index in [4.69, 9.17) is 0 Å². The summed E-state index contributed by atoms with van der Waals surface area (Å²) in [7, 11) is 0. The third kappa shape index (κ3) is 3.70. The maximum Gasteiger partial charge on any atom is 0.257 e. The Morgan fingerprint density at radius 2 is 2.45 bits per heavy atom. The lowest BCUT2D eigenvalue weighted by Crippen LogP contribution is -2.41. The third-order valence-electron chi connectivity index (χ3n) is 3.69. The summed E-state index contributed by atoms with van der Waals surface area (Å²) in [6, 6.07) is 1.58. The van der Waals surface area contributed by atoms with Gasteiger partial charge in [-0.2, -0.15) is 0 Å². The zero-order chi connectivity index (χ0) is 14.4. The fourth-order valence-electron chi connectivity index (χ4n) is 2.67. The molecule has 0 spiro atoms. The van der Waals surface area contributed by atoms with Gasteiger partial charge >= 0.3 is 0 Å². The largest absolute Gasteiger partial charge is 0.505 e. The number of nitrogens with one attached hydrogen (secondary N) is 1. The van der Waals surface area contributed by atoms with Gasteiger partial charge in [0, 0.05) is 19.3 Å². The van der Waals surface area contributed by atoms with Crippen molar-refractivity contribution in [3.8, 4) is 5.75 Å². The SMILES string of the molecule is CCCN(CC1CCCNC1)C(=O)c1ccncc1O. The summed E-state index contributed by atoms with van der Waals surface area (Å²) >= 11 is 0. The van der Waals surface area contributed by atoms with E-state index in [2.05, 4.69) is 17.2 Å². The van der Waals surface area contributed by atoms with E-state index in [1.807, 2.05) is 4.90 Å². The minimum atomic E-state index is -0.0997. The molecule has 1 unspecified atom stereocenters. The monoisotopic (exact) mass is 277 g/mol. The minimum Gasteiger partial charge on any atom is -0.505 e. The zero-order valence-electron chi connectivity index (χ0n) is 12.0. The highest BCUT2D eigenvalue weighted by atomic mass is 16.3. The van der Waals surface area contributed by atoms with Crippen LogP contribution in [0.4, 0.5) is 0 Å². The summed E-state index contributed by atoms with van der Waals surface area (Å²) in [6.45, 7) is 5.57. The van der Waals surface area contributed by atoms with Gasteiger partial charge in [0.1, 0.15) is 5.75 Å². The number of nitrogens with zero attached hydrogens (tertiary/aromatic N) is 2. The molecule has 1 aliphatic heterocycles. The van der Waals surface area contributed by atoms with Crippen molar-refractivity contribution in [1.29, 1.82) is 0 Å². The predicted octanol–water partition coefficient (Wildman–Crippen LogP) is 1.64. The summed E-state index contributed by atoms with van der Waals surface area (Å²) < 4.78 is 0. The van der Waals surface area contributed by atoms with Crippen LogP contribution in [0, 0.1) is 5.92 Å². The molecule has 0 saturated carbocycles. The van der Waals surface area contributed by atoms with Crippen LogP contribution in [0.3, 0.4) is 0 Å². The van der Waals surface area contributed by atoms with Crippen molar-refractivity contribution in [2.75, 3.05) is 26.2 Å². The average molecular weight is 277 g/mol. The van der Waals surface area contributed by atoms with Crippen LogP contribution < -0.4 is 5.32 Å². The number of rotatable bonds is 5. The van der Waals surface area contributed by atoms with Crippen LogP contribution in [0.25, 0.3) is 0 Å². The van der Waals surface area contributed by atoms with Crippen LogP contribution >= 0.6 is 0 Å². The first kappa shape index (κ1) is 14.8. The number of aromatic nitrogens is 1. The topological polar surface area (TPSA) is 65.5 Å². The molecule has 110 valence electrons. The van der Waals surface area contributed by atoms with Crippen LogP contribution in [0.15, 0.2) is 18.5 Å². The minimum absolute atomic E-state index is 0.0413. The average Bonchev–Trinajstić information content (AvgIpc) is 2.48. The summed E-state index contributed by atoms with van der Waals surface area (Å²) in [5, 5.41) is 13.2. The Bertz CT molecular complexity index is 444. The van der Waals surface area contributed by atoms with Gasteiger partial charge in [-0.3, -0.25) is 9.78 Å². The Morgan fingerprint density at radius 1 is 1.60 bits per heavy atom. The van der Waals surface area contributed by atoms with E-state index >= 15 is 0 Å². The van der Waals surface area contributed by atoms with E-state index < -0.39 is 0 Å². The van der Waals surface area contributed by atoms with Crippen molar-refractivity contribution < 1.29 is 9.90 Å². The van der Waals surface area contributed by atoms with Gasteiger partial charge in [-0.15, -0.1) is 0 Å². The van der Waals surface area contributed by atoms with E-state index in [1.54, 1.807) is 12.3 Å². The molecule has 1 aromatic heterocycles. The van der Waals surface area contributed by atoms with E-state index in [9.17, 15) is 9.90 Å². The summed E-state index contributed by atoms with van der Waals surface area (Å²) in [5.74, 6) is 0.362. The van der Waals surface area contributed by atoms with E-state index in [-0.39, 0.29) is 11.7 Å². The third-order valence-corrected chi connectivity index (χ3v) is 3.69. The van der Waals surface area contributed by atoms with Crippen molar-refractivity contribution in [2.24, 2.45) is 5.92 Å². The lowest BCUT2D eigenvalue weighted by Gasteiger charge is -2.30. The molecule has 1 aromatic rings. The van der Waals surface area contributed by atoms with Gasteiger partial charge in [-0.25, -0.2) is 0 Å². The molecule has 0 aliphatic carbocycles. The number of hydrogen-bond donors (Lipinski definition) is 2. The van der Waals surface area contributed by atoms with Gasteiger partial charge in [0.05, 0.1) is 11.8 Å². The lowest BCUT2D eigenvalue weighted by molar-refractivity contribution is 0.0715. The number of carbonyl (C=O) groups excluding carboxylic acids is 1. The maximum absolute atomic E-state index is 12.5. The van der Waals surface area contributed by atoms with Crippen LogP contribution in [-0.2, 0) is 0 Å². The normalized spacial score (nSPS) is 18.8. The number of piperidine rings is 1. The van der Waals surface area contributed by atoms with Crippen LogP contribution in [0.5, 0.6) is 5.75 Å². The molecular weight excluding hydrogens is 254 g/mol. The number of hydrogen-bond acceptors (Lipinski definition) is 4. The first-order valence-electron chi connectivity index (χ1n) is 7.35. The Balaban J connectivity index is 2.07. The zero-order valence-corrected chi connectivity index (χ0v) is 12.0. The molecule has 1 saturated heterocycles. The van der Waals surface area contributed by atoms with Gasteiger partial charge in [-0.1, -0.05) is 6.92 Å². The number of pyridine rings is 1. The summed E-state index contributed by atoms with van der Waals surface area (Å²) in [5.41, 5.74) is 0.345. The van der Waals surface area contributed by atoms with Crippen molar-refractivity contribution in [2.45, 2.75) is 26.2 Å². The summed E-state index contributed by atoms with van der Waals surface area (Å²) in [6.07, 6.45) is 6.10. The Labute approximate surface area is 120 Å². The quantitative estimate of drug-likeness (QED) is 0.858. The predicted molar refractivity (Wildman–Crippen MR) is 77.7 cm³/mol. The molecule has 1 amide bonds. The second-order valence-electron chi connectivity index (χ2n) is 5.36. The molecule has 0 aromatic carbocycles. The Hall–Kier alpha value is -1.62. The molecule has 1 aliphatic rings. The van der Waals surface area contributed by atoms with Gasteiger partial charge < -0.3 is 15.3 Å². The molecule has 1 fully saturated rings. The second kappa shape index (κ2) is 7.24. The van der Waals surface area contributed by atoms with Crippen molar-refractivity contribution in [1.82, 2.24) is 15.2 Å². The van der Waals surface area contributed by atoms with Crippen LogP contribution in [-0.4, -0.2) is 47.1 Å². The van der Waals surface area contributed by atoms with Gasteiger partial charge in [0.15, 0.2) is 0 Å². The van der Waals surface area contributed by atoms with Crippen molar-refractivity contribution >= 4 is 5.91 Å². The van der Waals surface area contributed by atoms with Crippen molar-refractivity contribution in [3.63, 3.8) is 0 Å². The Morgan fingerprint density at radius 3 is 3.10 bits per heavy atom. The summed E-state index contributed by atoms with van der Waals surface area (Å²) in [4.78, 5) is 18.2. The maximum atomic E-state index is 12.5. The lowest BCUT2D eigenvalue weighted by atomic mass is 9.98. The first-order valence-corrected chi connectivity index (χ1v) is 7.35. The van der Waals surface area contributed by atoms with Crippen LogP contribution in [0.2, 0.25) is 0 Å². The molecule has 0 radical (unpaired) electrons. The molecular formula is C15H23N3O2. The molecule has 2 N–H and O–H groups in total. The van der Waals surface area contributed by atoms with E-state index in [1.165, 1.54) is 12.6 Å². The van der Waals surface area contributed by atoms with E-state index in [0.29, 0.717) is 11.5 Å². The highest BCUT2D eigenvalue weighted by molar-refractivity contribution is 5.96. The first-order chi connectivity index (χ1) is 9.72. The standard InChI is InChI=1S/C15H23N3O2/c1-2-8-18(11-12-4-3-6-16-9-12)15(20)13-5-7-17-10-14(13)19/h5,7,10,12,16,19H,2-4,6,8-9,11H2,1H3. The van der Waals surface area contributed by atoms with E-state index in [0.717, 1.165) is 39.0 Å². The number of carbonyl (C=O) groups is 1. The number of aromatic hydroxyl groups is 1. The highest BCUT2D eigenvalue weighted by Gasteiger charge is 2.22. The Kier molecular flexibility index (Phi) is 5.35. The molecule has 0 bridgehead atoms. The molecule has 2 rings (SSSR count). The second-order valence-corrected chi connectivity index (χ2v) is 5.36.